The molecule has 16 heavy (non-hydrogen) atoms. The van der Waals surface area contributed by atoms with Crippen LogP contribution in [0.1, 0.15) is 46.1 Å². The second kappa shape index (κ2) is 4.69. The molecule has 1 aromatic carbocycles. The molecule has 0 unspecified atom stereocenters. The van der Waals surface area contributed by atoms with Crippen LogP contribution >= 0.6 is 0 Å². The highest BCUT2D eigenvalue weighted by Gasteiger charge is 2.21. The van der Waals surface area contributed by atoms with Crippen LogP contribution in [0.15, 0.2) is 24.3 Å². The smallest absolute Gasteiger partial charge is 0.229 e. The van der Waals surface area contributed by atoms with Crippen LogP contribution in [0.5, 0.6) is 0 Å². The van der Waals surface area contributed by atoms with Crippen molar-refractivity contribution in [3.8, 4) is 0 Å². The van der Waals surface area contributed by atoms with Gasteiger partial charge in [-0.15, -0.1) is 0 Å². The molecule has 1 rings (SSSR count). The van der Waals surface area contributed by atoms with Gasteiger partial charge in [0.1, 0.15) is 0 Å². The molecule has 0 bridgehead atoms. The van der Waals surface area contributed by atoms with Crippen LogP contribution in [0.2, 0.25) is 0 Å². The molecule has 1 amide bonds. The Balaban J connectivity index is 2.83. The average Bonchev–Trinajstić information content (AvgIpc) is 2.16. The second-order valence-electron chi connectivity index (χ2n) is 5.48. The van der Waals surface area contributed by atoms with Crippen LogP contribution < -0.4 is 5.32 Å². The van der Waals surface area contributed by atoms with Gasteiger partial charge in [-0.25, -0.2) is 0 Å². The predicted octanol–water partition coefficient (Wildman–Crippen LogP) is 3.79. The van der Waals surface area contributed by atoms with Crippen molar-refractivity contribution < 1.29 is 4.79 Å². The standard InChI is InChI=1S/C14H21NO/c1-10(2)11-7-6-8-12(9-11)15-13(16)14(3,4)5/h6-10H,1-5H3,(H,15,16). The number of carbonyl (C=O) groups is 1. The summed E-state index contributed by atoms with van der Waals surface area (Å²) in [4.78, 5) is 11.8. The highest BCUT2D eigenvalue weighted by molar-refractivity contribution is 5.94. The van der Waals surface area contributed by atoms with Crippen LogP contribution in [0.3, 0.4) is 0 Å². The van der Waals surface area contributed by atoms with Crippen molar-refractivity contribution in [2.75, 3.05) is 5.32 Å². The van der Waals surface area contributed by atoms with Crippen molar-refractivity contribution in [1.29, 1.82) is 0 Å². The zero-order valence-electron chi connectivity index (χ0n) is 10.8. The molecule has 0 fully saturated rings. The van der Waals surface area contributed by atoms with Crippen molar-refractivity contribution >= 4 is 11.6 Å². The molecule has 0 aromatic heterocycles. The van der Waals surface area contributed by atoms with E-state index in [0.717, 1.165) is 5.69 Å². The largest absolute Gasteiger partial charge is 0.326 e. The third-order valence-electron chi connectivity index (χ3n) is 2.49. The van der Waals surface area contributed by atoms with Crippen molar-refractivity contribution in [3.05, 3.63) is 29.8 Å². The number of hydrogen-bond acceptors (Lipinski definition) is 1. The van der Waals surface area contributed by atoms with Crippen LogP contribution in [-0.2, 0) is 4.79 Å². The number of hydrogen-bond donors (Lipinski definition) is 1. The summed E-state index contributed by atoms with van der Waals surface area (Å²) < 4.78 is 0. The summed E-state index contributed by atoms with van der Waals surface area (Å²) in [7, 11) is 0. The van der Waals surface area contributed by atoms with Gasteiger partial charge < -0.3 is 5.32 Å². The Labute approximate surface area is 98.1 Å². The van der Waals surface area contributed by atoms with E-state index >= 15 is 0 Å². The molecule has 0 spiro atoms. The number of carbonyl (C=O) groups excluding carboxylic acids is 1. The Kier molecular flexibility index (Phi) is 3.74. The van der Waals surface area contributed by atoms with Crippen LogP contribution in [0.4, 0.5) is 5.69 Å². The summed E-state index contributed by atoms with van der Waals surface area (Å²) in [6.07, 6.45) is 0. The van der Waals surface area contributed by atoms with E-state index in [9.17, 15) is 4.79 Å². The Morgan fingerprint density at radius 2 is 1.88 bits per heavy atom. The summed E-state index contributed by atoms with van der Waals surface area (Å²) in [5.74, 6) is 0.528. The van der Waals surface area contributed by atoms with Gasteiger partial charge in [-0.1, -0.05) is 46.8 Å². The first-order chi connectivity index (χ1) is 7.30. The molecule has 2 heteroatoms. The van der Waals surface area contributed by atoms with Gasteiger partial charge in [0.2, 0.25) is 5.91 Å². The van der Waals surface area contributed by atoms with E-state index in [4.69, 9.17) is 0 Å². The molecule has 0 atom stereocenters. The third-order valence-corrected chi connectivity index (χ3v) is 2.49. The molecule has 0 aliphatic heterocycles. The van der Waals surface area contributed by atoms with Crippen molar-refractivity contribution in [1.82, 2.24) is 0 Å². The van der Waals surface area contributed by atoms with Gasteiger partial charge in [0.15, 0.2) is 0 Å². The number of nitrogens with one attached hydrogen (secondary N) is 1. The van der Waals surface area contributed by atoms with Crippen molar-refractivity contribution in [2.45, 2.75) is 40.5 Å². The van der Waals surface area contributed by atoms with E-state index in [1.54, 1.807) is 0 Å². The lowest BCUT2D eigenvalue weighted by molar-refractivity contribution is -0.123. The molecule has 0 saturated carbocycles. The molecule has 0 saturated heterocycles. The lowest BCUT2D eigenvalue weighted by atomic mass is 9.95. The van der Waals surface area contributed by atoms with Gasteiger partial charge in [0.05, 0.1) is 0 Å². The van der Waals surface area contributed by atoms with Crippen LogP contribution in [-0.4, -0.2) is 5.91 Å². The molecule has 2 nitrogen and oxygen atoms in total. The first-order valence-corrected chi connectivity index (χ1v) is 5.72. The third kappa shape index (κ3) is 3.37. The molecular weight excluding hydrogens is 198 g/mol. The van der Waals surface area contributed by atoms with Gasteiger partial charge in [-0.2, -0.15) is 0 Å². The highest BCUT2D eigenvalue weighted by atomic mass is 16.2. The first kappa shape index (κ1) is 12.8. The maximum atomic E-state index is 11.8. The quantitative estimate of drug-likeness (QED) is 0.805. The Bertz CT molecular complexity index is 375. The van der Waals surface area contributed by atoms with E-state index < -0.39 is 0 Å². The fourth-order valence-corrected chi connectivity index (χ4v) is 1.29. The minimum absolute atomic E-state index is 0.0495. The monoisotopic (exact) mass is 219 g/mol. The molecule has 1 aromatic rings. The minimum Gasteiger partial charge on any atom is -0.326 e. The van der Waals surface area contributed by atoms with E-state index in [0.29, 0.717) is 5.92 Å². The zero-order valence-corrected chi connectivity index (χ0v) is 10.8. The lowest BCUT2D eigenvalue weighted by Crippen LogP contribution is -2.27. The van der Waals surface area contributed by atoms with Gasteiger partial charge in [0.25, 0.3) is 0 Å². The summed E-state index contributed by atoms with van der Waals surface area (Å²) in [5, 5.41) is 2.94. The fourth-order valence-electron chi connectivity index (χ4n) is 1.29. The zero-order chi connectivity index (χ0) is 12.3. The maximum Gasteiger partial charge on any atom is 0.229 e. The van der Waals surface area contributed by atoms with E-state index in [1.165, 1.54) is 5.56 Å². The first-order valence-electron chi connectivity index (χ1n) is 5.72. The number of rotatable bonds is 2. The van der Waals surface area contributed by atoms with Crippen molar-refractivity contribution in [3.63, 3.8) is 0 Å². The van der Waals surface area contributed by atoms with Crippen molar-refractivity contribution in [2.24, 2.45) is 5.41 Å². The Morgan fingerprint density at radius 3 is 2.38 bits per heavy atom. The molecule has 0 aliphatic carbocycles. The summed E-state index contributed by atoms with van der Waals surface area (Å²) >= 11 is 0. The Morgan fingerprint density at radius 1 is 1.25 bits per heavy atom. The van der Waals surface area contributed by atoms with Crippen LogP contribution in [0, 0.1) is 5.41 Å². The highest BCUT2D eigenvalue weighted by Crippen LogP contribution is 2.21. The van der Waals surface area contributed by atoms with Gasteiger partial charge >= 0.3 is 0 Å². The second-order valence-corrected chi connectivity index (χ2v) is 5.48. The van der Waals surface area contributed by atoms with E-state index in [-0.39, 0.29) is 11.3 Å². The minimum atomic E-state index is -0.353. The summed E-state index contributed by atoms with van der Waals surface area (Å²) in [6.45, 7) is 10.0. The topological polar surface area (TPSA) is 29.1 Å². The molecule has 88 valence electrons. The fraction of sp³-hybridized carbons (Fsp3) is 0.500. The number of anilines is 1. The predicted molar refractivity (Wildman–Crippen MR) is 68.6 cm³/mol. The SMILES string of the molecule is CC(C)c1cccc(NC(=O)C(C)(C)C)c1. The van der Waals surface area contributed by atoms with Gasteiger partial charge in [0, 0.05) is 11.1 Å². The molecule has 0 heterocycles. The molecule has 0 radical (unpaired) electrons. The maximum absolute atomic E-state index is 11.8. The van der Waals surface area contributed by atoms with Gasteiger partial charge in [-0.3, -0.25) is 4.79 Å². The van der Waals surface area contributed by atoms with Gasteiger partial charge in [-0.05, 0) is 23.6 Å². The van der Waals surface area contributed by atoms with E-state index in [2.05, 4.69) is 25.2 Å². The summed E-state index contributed by atoms with van der Waals surface area (Å²) in [5.41, 5.74) is 1.77. The molecule has 0 aliphatic rings. The molecular formula is C14H21NO. The molecule has 1 N–H and O–H groups in total. The average molecular weight is 219 g/mol. The van der Waals surface area contributed by atoms with Crippen LogP contribution in [0.25, 0.3) is 0 Å². The Hall–Kier alpha value is -1.31. The van der Waals surface area contributed by atoms with E-state index in [1.807, 2.05) is 39.0 Å². The lowest BCUT2D eigenvalue weighted by Gasteiger charge is -2.18. The number of amides is 1. The summed E-state index contributed by atoms with van der Waals surface area (Å²) in [6, 6.07) is 8.02. The number of benzene rings is 1. The normalized spacial score (nSPS) is 11.6.